The fourth-order valence-corrected chi connectivity index (χ4v) is 1.98. The van der Waals surface area contributed by atoms with Crippen LogP contribution in [0.4, 0.5) is 0 Å². The summed E-state index contributed by atoms with van der Waals surface area (Å²) < 4.78 is 0. The van der Waals surface area contributed by atoms with Crippen molar-refractivity contribution in [3.8, 4) is 0 Å². The standard InChI is InChI=1S/C8H13NO/c1-7(2)5-6(10)9-8(7)3-4-8/h3-5H2,1-2H3,(H,9,10). The number of amides is 1. The summed E-state index contributed by atoms with van der Waals surface area (Å²) in [4.78, 5) is 11.0. The van der Waals surface area contributed by atoms with Crippen LogP contribution in [0.25, 0.3) is 0 Å². The second kappa shape index (κ2) is 1.39. The molecule has 1 N–H and O–H groups in total. The van der Waals surface area contributed by atoms with Gasteiger partial charge in [-0.3, -0.25) is 4.79 Å². The first-order valence-corrected chi connectivity index (χ1v) is 3.87. The normalized spacial score (nSPS) is 32.4. The molecular weight excluding hydrogens is 126 g/mol. The molecule has 1 saturated heterocycles. The molecule has 1 saturated carbocycles. The van der Waals surface area contributed by atoms with Gasteiger partial charge >= 0.3 is 0 Å². The third-order valence-corrected chi connectivity index (χ3v) is 3.03. The number of rotatable bonds is 0. The first kappa shape index (κ1) is 6.20. The van der Waals surface area contributed by atoms with E-state index < -0.39 is 0 Å². The molecule has 0 aromatic rings. The summed E-state index contributed by atoms with van der Waals surface area (Å²) in [6.45, 7) is 4.36. The van der Waals surface area contributed by atoms with Crippen LogP contribution in [-0.2, 0) is 4.79 Å². The van der Waals surface area contributed by atoms with Crippen molar-refractivity contribution in [1.29, 1.82) is 0 Å². The van der Waals surface area contributed by atoms with E-state index in [9.17, 15) is 4.79 Å². The lowest BCUT2D eigenvalue weighted by molar-refractivity contribution is -0.119. The van der Waals surface area contributed by atoms with Crippen LogP contribution in [0.2, 0.25) is 0 Å². The molecule has 0 unspecified atom stereocenters. The van der Waals surface area contributed by atoms with E-state index in [-0.39, 0.29) is 16.9 Å². The Kier molecular flexibility index (Phi) is 0.859. The van der Waals surface area contributed by atoms with Gasteiger partial charge in [0, 0.05) is 12.0 Å². The van der Waals surface area contributed by atoms with Gasteiger partial charge in [0.15, 0.2) is 0 Å². The van der Waals surface area contributed by atoms with Crippen molar-refractivity contribution < 1.29 is 4.79 Å². The molecule has 10 heavy (non-hydrogen) atoms. The molecule has 1 amide bonds. The molecule has 0 atom stereocenters. The van der Waals surface area contributed by atoms with E-state index in [0.29, 0.717) is 6.42 Å². The molecule has 0 bridgehead atoms. The van der Waals surface area contributed by atoms with Crippen LogP contribution in [0.15, 0.2) is 0 Å². The average Bonchev–Trinajstić information content (AvgIpc) is 2.40. The monoisotopic (exact) mass is 139 g/mol. The number of hydrogen-bond donors (Lipinski definition) is 1. The first-order chi connectivity index (χ1) is 4.56. The number of carbonyl (C=O) groups is 1. The van der Waals surface area contributed by atoms with Crippen LogP contribution in [-0.4, -0.2) is 11.4 Å². The van der Waals surface area contributed by atoms with Gasteiger partial charge in [-0.1, -0.05) is 13.8 Å². The van der Waals surface area contributed by atoms with Gasteiger partial charge in [0.2, 0.25) is 5.91 Å². The predicted molar refractivity (Wildman–Crippen MR) is 38.5 cm³/mol. The predicted octanol–water partition coefficient (Wildman–Crippen LogP) is 1.07. The smallest absolute Gasteiger partial charge is 0.221 e. The highest BCUT2D eigenvalue weighted by Crippen LogP contribution is 2.54. The molecule has 1 heterocycles. The van der Waals surface area contributed by atoms with Crippen LogP contribution >= 0.6 is 0 Å². The van der Waals surface area contributed by atoms with Gasteiger partial charge in [0.05, 0.1) is 0 Å². The zero-order chi connectivity index (χ0) is 7.41. The van der Waals surface area contributed by atoms with E-state index in [1.807, 2.05) is 0 Å². The fraction of sp³-hybridized carbons (Fsp3) is 0.875. The van der Waals surface area contributed by atoms with Gasteiger partial charge < -0.3 is 5.32 Å². The Bertz CT molecular complexity index is 183. The van der Waals surface area contributed by atoms with Crippen LogP contribution in [0, 0.1) is 5.41 Å². The Labute approximate surface area is 61.0 Å². The Morgan fingerprint density at radius 3 is 2.20 bits per heavy atom. The summed E-state index contributed by atoms with van der Waals surface area (Å²) in [6, 6.07) is 0. The van der Waals surface area contributed by atoms with Gasteiger partial charge in [-0.15, -0.1) is 0 Å². The van der Waals surface area contributed by atoms with Crippen molar-refractivity contribution >= 4 is 5.91 Å². The second-order valence-electron chi connectivity index (χ2n) is 4.19. The molecule has 2 nitrogen and oxygen atoms in total. The molecule has 2 aliphatic rings. The summed E-state index contributed by atoms with van der Waals surface area (Å²) in [7, 11) is 0. The highest BCUT2D eigenvalue weighted by molar-refractivity contribution is 5.81. The van der Waals surface area contributed by atoms with Crippen molar-refractivity contribution in [3.05, 3.63) is 0 Å². The third kappa shape index (κ3) is 0.568. The molecule has 2 rings (SSSR count). The molecule has 0 aromatic heterocycles. The van der Waals surface area contributed by atoms with Crippen molar-refractivity contribution in [2.24, 2.45) is 5.41 Å². The summed E-state index contributed by atoms with van der Waals surface area (Å²) in [5.74, 6) is 0.238. The fourth-order valence-electron chi connectivity index (χ4n) is 1.98. The SMILES string of the molecule is CC1(C)CC(=O)NC12CC2. The Hall–Kier alpha value is -0.530. The molecule has 1 spiro atoms. The van der Waals surface area contributed by atoms with Gasteiger partial charge in [0.1, 0.15) is 0 Å². The molecule has 56 valence electrons. The Balaban J connectivity index is 2.29. The molecule has 2 fully saturated rings. The maximum atomic E-state index is 11.0. The minimum atomic E-state index is 0.212. The molecule has 1 aliphatic carbocycles. The van der Waals surface area contributed by atoms with E-state index in [0.717, 1.165) is 0 Å². The Morgan fingerprint density at radius 1 is 1.40 bits per heavy atom. The topological polar surface area (TPSA) is 29.1 Å². The lowest BCUT2D eigenvalue weighted by atomic mass is 9.83. The van der Waals surface area contributed by atoms with Crippen molar-refractivity contribution in [3.63, 3.8) is 0 Å². The Morgan fingerprint density at radius 2 is 2.00 bits per heavy atom. The van der Waals surface area contributed by atoms with E-state index >= 15 is 0 Å². The van der Waals surface area contributed by atoms with E-state index in [1.54, 1.807) is 0 Å². The van der Waals surface area contributed by atoms with Crippen molar-refractivity contribution in [1.82, 2.24) is 5.32 Å². The van der Waals surface area contributed by atoms with E-state index in [1.165, 1.54) is 12.8 Å². The molecule has 2 heteroatoms. The van der Waals surface area contributed by atoms with Gasteiger partial charge in [0.25, 0.3) is 0 Å². The summed E-state index contributed by atoms with van der Waals surface area (Å²) in [5, 5.41) is 3.06. The third-order valence-electron chi connectivity index (χ3n) is 3.03. The van der Waals surface area contributed by atoms with Crippen LogP contribution in [0.5, 0.6) is 0 Å². The van der Waals surface area contributed by atoms with Crippen LogP contribution in [0.3, 0.4) is 0 Å². The summed E-state index contributed by atoms with van der Waals surface area (Å²) >= 11 is 0. The van der Waals surface area contributed by atoms with Gasteiger partial charge in [-0.25, -0.2) is 0 Å². The van der Waals surface area contributed by atoms with E-state index in [4.69, 9.17) is 0 Å². The van der Waals surface area contributed by atoms with Crippen LogP contribution in [0.1, 0.15) is 33.1 Å². The zero-order valence-electron chi connectivity index (χ0n) is 6.53. The quantitative estimate of drug-likeness (QED) is 0.534. The number of nitrogens with one attached hydrogen (secondary N) is 1. The maximum absolute atomic E-state index is 11.0. The van der Waals surface area contributed by atoms with Crippen molar-refractivity contribution in [2.75, 3.05) is 0 Å². The van der Waals surface area contributed by atoms with E-state index in [2.05, 4.69) is 19.2 Å². The highest BCUT2D eigenvalue weighted by atomic mass is 16.2. The van der Waals surface area contributed by atoms with Gasteiger partial charge in [-0.05, 0) is 18.3 Å². The zero-order valence-corrected chi connectivity index (χ0v) is 6.53. The second-order valence-corrected chi connectivity index (χ2v) is 4.19. The number of hydrogen-bond acceptors (Lipinski definition) is 1. The average molecular weight is 139 g/mol. The molecule has 0 radical (unpaired) electrons. The highest BCUT2D eigenvalue weighted by Gasteiger charge is 2.59. The summed E-state index contributed by atoms with van der Waals surface area (Å²) in [6.07, 6.45) is 3.09. The molecule has 0 aromatic carbocycles. The number of carbonyl (C=O) groups excluding carboxylic acids is 1. The first-order valence-electron chi connectivity index (χ1n) is 3.87. The van der Waals surface area contributed by atoms with Gasteiger partial charge in [-0.2, -0.15) is 0 Å². The lowest BCUT2D eigenvalue weighted by Crippen LogP contribution is -2.35. The minimum absolute atomic E-state index is 0.212. The minimum Gasteiger partial charge on any atom is -0.350 e. The lowest BCUT2D eigenvalue weighted by Gasteiger charge is -2.24. The largest absolute Gasteiger partial charge is 0.350 e. The van der Waals surface area contributed by atoms with Crippen molar-refractivity contribution in [2.45, 2.75) is 38.6 Å². The molecule has 1 aliphatic heterocycles. The summed E-state index contributed by atoms with van der Waals surface area (Å²) in [5.41, 5.74) is 0.425. The maximum Gasteiger partial charge on any atom is 0.221 e. The molecular formula is C8H13NO. The van der Waals surface area contributed by atoms with Crippen LogP contribution < -0.4 is 5.32 Å².